The molecule has 7 nitrogen and oxygen atoms in total. The van der Waals surface area contributed by atoms with Gasteiger partial charge in [0, 0.05) is 25.2 Å². The number of esters is 2. The minimum absolute atomic E-state index is 0.240. The second-order valence-electron chi connectivity index (χ2n) is 6.03. The predicted molar refractivity (Wildman–Crippen MR) is 81.3 cm³/mol. The summed E-state index contributed by atoms with van der Waals surface area (Å²) in [4.78, 5) is 48.4. The van der Waals surface area contributed by atoms with Gasteiger partial charge in [0.1, 0.15) is 6.61 Å². The Morgan fingerprint density at radius 3 is 2.13 bits per heavy atom. The highest BCUT2D eigenvalue weighted by molar-refractivity contribution is 6.38. The summed E-state index contributed by atoms with van der Waals surface area (Å²) in [5.74, 6) is -2.57. The molecule has 1 aliphatic heterocycles. The van der Waals surface area contributed by atoms with Crippen LogP contribution in [0.3, 0.4) is 0 Å². The molecule has 1 heterocycles. The molecule has 1 saturated heterocycles. The van der Waals surface area contributed by atoms with Crippen LogP contribution in [0, 0.1) is 5.41 Å². The molecule has 1 rings (SSSR count). The third-order valence-corrected chi connectivity index (χ3v) is 3.58. The number of rotatable bonds is 6. The van der Waals surface area contributed by atoms with Crippen molar-refractivity contribution >= 4 is 23.6 Å². The Balaban J connectivity index is 2.54. The molecule has 23 heavy (non-hydrogen) atoms. The van der Waals surface area contributed by atoms with Gasteiger partial charge in [0.05, 0.1) is 12.5 Å². The van der Waals surface area contributed by atoms with E-state index in [4.69, 9.17) is 4.74 Å². The van der Waals surface area contributed by atoms with Crippen molar-refractivity contribution in [3.63, 3.8) is 0 Å². The van der Waals surface area contributed by atoms with E-state index in [2.05, 4.69) is 4.74 Å². The topological polar surface area (TPSA) is 90.0 Å². The van der Waals surface area contributed by atoms with Crippen molar-refractivity contribution in [1.29, 1.82) is 0 Å². The normalized spacial score (nSPS) is 15.3. The molecule has 7 heteroatoms. The molecule has 0 aromatic heterocycles. The van der Waals surface area contributed by atoms with Crippen molar-refractivity contribution in [3.8, 4) is 0 Å². The van der Waals surface area contributed by atoms with E-state index in [0.717, 1.165) is 31.4 Å². The second-order valence-corrected chi connectivity index (χ2v) is 6.03. The van der Waals surface area contributed by atoms with Gasteiger partial charge in [0.25, 0.3) is 5.91 Å². The van der Waals surface area contributed by atoms with Gasteiger partial charge < -0.3 is 14.4 Å². The Morgan fingerprint density at radius 1 is 1.00 bits per heavy atom. The SMILES string of the molecule is COC(=O)/C=C/C(=O)OCC(C)(C)C(=O)C(=O)N1CCCCC1. The number of amides is 1. The molecule has 0 radical (unpaired) electrons. The fourth-order valence-corrected chi connectivity index (χ4v) is 2.10. The van der Waals surface area contributed by atoms with E-state index in [9.17, 15) is 19.2 Å². The molecule has 0 spiro atoms. The number of piperidine rings is 1. The molecule has 0 saturated carbocycles. The van der Waals surface area contributed by atoms with Gasteiger partial charge in [-0.05, 0) is 33.1 Å². The highest BCUT2D eigenvalue weighted by Gasteiger charge is 2.37. The summed E-state index contributed by atoms with van der Waals surface area (Å²) in [5.41, 5.74) is -1.12. The zero-order valence-electron chi connectivity index (χ0n) is 13.8. The smallest absolute Gasteiger partial charge is 0.331 e. The van der Waals surface area contributed by atoms with E-state index in [-0.39, 0.29) is 6.61 Å². The van der Waals surface area contributed by atoms with Gasteiger partial charge in [-0.25, -0.2) is 9.59 Å². The second kappa shape index (κ2) is 8.45. The first kappa shape index (κ1) is 18.9. The molecule has 1 amide bonds. The maximum atomic E-state index is 12.3. The van der Waals surface area contributed by atoms with Crippen LogP contribution in [0.5, 0.6) is 0 Å². The van der Waals surface area contributed by atoms with E-state index in [0.29, 0.717) is 13.1 Å². The number of nitrogens with zero attached hydrogens (tertiary/aromatic N) is 1. The molecular formula is C16H23NO6. The van der Waals surface area contributed by atoms with Crippen molar-refractivity contribution in [2.24, 2.45) is 5.41 Å². The number of ketones is 1. The number of likely N-dealkylation sites (tertiary alicyclic amines) is 1. The molecular weight excluding hydrogens is 302 g/mol. The minimum atomic E-state index is -1.12. The highest BCUT2D eigenvalue weighted by Crippen LogP contribution is 2.20. The molecule has 1 aliphatic rings. The Kier molecular flexibility index (Phi) is 6.93. The maximum Gasteiger partial charge on any atom is 0.331 e. The van der Waals surface area contributed by atoms with Crippen molar-refractivity contribution in [2.45, 2.75) is 33.1 Å². The number of carbonyl (C=O) groups excluding carboxylic acids is 4. The number of Topliss-reactive ketones (excluding diaryl/α,β-unsaturated/α-hetero) is 1. The zero-order valence-corrected chi connectivity index (χ0v) is 13.8. The van der Waals surface area contributed by atoms with Gasteiger partial charge in [-0.3, -0.25) is 9.59 Å². The van der Waals surface area contributed by atoms with Crippen molar-refractivity contribution < 1.29 is 28.7 Å². The van der Waals surface area contributed by atoms with Gasteiger partial charge in [-0.2, -0.15) is 0 Å². The van der Waals surface area contributed by atoms with Gasteiger partial charge in [0.15, 0.2) is 0 Å². The monoisotopic (exact) mass is 325 g/mol. The van der Waals surface area contributed by atoms with E-state index in [1.807, 2.05) is 0 Å². The average Bonchev–Trinajstić information content (AvgIpc) is 2.57. The van der Waals surface area contributed by atoms with E-state index >= 15 is 0 Å². The first-order valence-corrected chi connectivity index (χ1v) is 7.54. The van der Waals surface area contributed by atoms with Crippen LogP contribution in [0.15, 0.2) is 12.2 Å². The lowest BCUT2D eigenvalue weighted by molar-refractivity contribution is -0.154. The van der Waals surface area contributed by atoms with E-state index < -0.39 is 29.0 Å². The van der Waals surface area contributed by atoms with Crippen molar-refractivity contribution in [3.05, 3.63) is 12.2 Å². The molecule has 128 valence electrons. The van der Waals surface area contributed by atoms with Crippen molar-refractivity contribution in [1.82, 2.24) is 4.90 Å². The third-order valence-electron chi connectivity index (χ3n) is 3.58. The number of methoxy groups -OCH3 is 1. The number of ether oxygens (including phenoxy) is 2. The summed E-state index contributed by atoms with van der Waals surface area (Å²) in [6.07, 6.45) is 4.69. The minimum Gasteiger partial charge on any atom is -0.466 e. The number of hydrogen-bond donors (Lipinski definition) is 0. The maximum absolute atomic E-state index is 12.3. The fraction of sp³-hybridized carbons (Fsp3) is 0.625. The summed E-state index contributed by atoms with van der Waals surface area (Å²) in [6, 6.07) is 0. The molecule has 0 aromatic rings. The Bertz CT molecular complexity index is 503. The lowest BCUT2D eigenvalue weighted by Gasteiger charge is -2.29. The van der Waals surface area contributed by atoms with Crippen LogP contribution < -0.4 is 0 Å². The lowest BCUT2D eigenvalue weighted by atomic mass is 9.88. The number of hydrogen-bond acceptors (Lipinski definition) is 6. The third kappa shape index (κ3) is 5.84. The number of carbonyl (C=O) groups is 4. The van der Waals surface area contributed by atoms with Crippen LogP contribution in [0.1, 0.15) is 33.1 Å². The van der Waals surface area contributed by atoms with Crippen LogP contribution in [-0.4, -0.2) is 55.3 Å². The first-order chi connectivity index (χ1) is 10.8. The van der Waals surface area contributed by atoms with Crippen LogP contribution in [0.25, 0.3) is 0 Å². The molecule has 0 aliphatic carbocycles. The van der Waals surface area contributed by atoms with Gasteiger partial charge in [-0.15, -0.1) is 0 Å². The quantitative estimate of drug-likeness (QED) is 0.409. The molecule has 0 unspecified atom stereocenters. The van der Waals surface area contributed by atoms with Gasteiger partial charge in [-0.1, -0.05) is 0 Å². The molecule has 1 fully saturated rings. The predicted octanol–water partition coefficient (Wildman–Crippen LogP) is 0.867. The summed E-state index contributed by atoms with van der Waals surface area (Å²) in [5, 5.41) is 0. The standard InChI is InChI=1S/C16H23NO6/c1-16(2,11-23-13(19)8-7-12(18)22-3)14(20)15(21)17-9-5-4-6-10-17/h7-8H,4-6,9-11H2,1-3H3/b8-7+. The Morgan fingerprint density at radius 2 is 1.57 bits per heavy atom. The zero-order chi connectivity index (χ0) is 17.5. The van der Waals surface area contributed by atoms with E-state index in [1.165, 1.54) is 7.11 Å². The largest absolute Gasteiger partial charge is 0.466 e. The van der Waals surface area contributed by atoms with Crippen LogP contribution in [0.4, 0.5) is 0 Å². The fourth-order valence-electron chi connectivity index (χ4n) is 2.10. The van der Waals surface area contributed by atoms with Gasteiger partial charge in [0.2, 0.25) is 5.78 Å². The highest BCUT2D eigenvalue weighted by atomic mass is 16.5. The Hall–Kier alpha value is -2.18. The molecule has 0 aromatic carbocycles. The summed E-state index contributed by atoms with van der Waals surface area (Å²) < 4.78 is 9.28. The molecule has 0 N–H and O–H groups in total. The summed E-state index contributed by atoms with van der Waals surface area (Å²) in [7, 11) is 1.19. The van der Waals surface area contributed by atoms with Crippen LogP contribution in [0.2, 0.25) is 0 Å². The van der Waals surface area contributed by atoms with Gasteiger partial charge >= 0.3 is 11.9 Å². The average molecular weight is 325 g/mol. The summed E-state index contributed by atoms with van der Waals surface area (Å²) >= 11 is 0. The first-order valence-electron chi connectivity index (χ1n) is 7.54. The molecule has 0 bridgehead atoms. The van der Waals surface area contributed by atoms with E-state index in [1.54, 1.807) is 18.7 Å². The Labute approximate surface area is 135 Å². The lowest BCUT2D eigenvalue weighted by Crippen LogP contribution is -2.46. The summed E-state index contributed by atoms with van der Waals surface area (Å²) in [6.45, 7) is 4.03. The van der Waals surface area contributed by atoms with Crippen LogP contribution in [-0.2, 0) is 28.7 Å². The van der Waals surface area contributed by atoms with Crippen LogP contribution >= 0.6 is 0 Å². The van der Waals surface area contributed by atoms with Crippen molar-refractivity contribution in [2.75, 3.05) is 26.8 Å². The molecule has 0 atom stereocenters.